The minimum absolute atomic E-state index is 0.0369. The highest BCUT2D eigenvalue weighted by atomic mass is 32.2. The van der Waals surface area contributed by atoms with Gasteiger partial charge in [-0.1, -0.05) is 26.0 Å². The number of benzene rings is 1. The van der Waals surface area contributed by atoms with Gasteiger partial charge in [0, 0.05) is 10.9 Å². The molecule has 0 saturated heterocycles. The third kappa shape index (κ3) is 6.03. The zero-order valence-corrected chi connectivity index (χ0v) is 15.7. The lowest BCUT2D eigenvalue weighted by atomic mass is 10.1. The van der Waals surface area contributed by atoms with Crippen molar-refractivity contribution in [2.75, 3.05) is 16.8 Å². The molecule has 0 aliphatic rings. The van der Waals surface area contributed by atoms with Crippen LogP contribution in [0.3, 0.4) is 0 Å². The second kappa shape index (κ2) is 8.54. The molecule has 1 N–H and O–H groups in total. The van der Waals surface area contributed by atoms with Crippen LogP contribution in [0.5, 0.6) is 5.75 Å². The molecule has 0 spiro atoms. The van der Waals surface area contributed by atoms with Gasteiger partial charge >= 0.3 is 6.61 Å². The number of alkyl halides is 2. The Balaban J connectivity index is 2.10. The third-order valence-corrected chi connectivity index (χ3v) is 5.70. The van der Waals surface area contributed by atoms with Crippen molar-refractivity contribution in [3.8, 4) is 17.0 Å². The van der Waals surface area contributed by atoms with E-state index in [2.05, 4.69) is 15.0 Å². The molecule has 0 unspecified atom stereocenters. The van der Waals surface area contributed by atoms with E-state index in [4.69, 9.17) is 0 Å². The summed E-state index contributed by atoms with van der Waals surface area (Å²) in [6, 6.07) is 6.14. The van der Waals surface area contributed by atoms with Crippen molar-refractivity contribution in [2.24, 2.45) is 5.92 Å². The molecule has 2 aromatic rings. The van der Waals surface area contributed by atoms with E-state index < -0.39 is 28.1 Å². The molecule has 0 atom stereocenters. The fourth-order valence-corrected chi connectivity index (χ4v) is 4.59. The van der Waals surface area contributed by atoms with Gasteiger partial charge in [-0.25, -0.2) is 13.4 Å². The van der Waals surface area contributed by atoms with Gasteiger partial charge in [0.05, 0.1) is 11.4 Å². The molecule has 26 heavy (non-hydrogen) atoms. The first-order valence-corrected chi connectivity index (χ1v) is 10.4. The highest BCUT2D eigenvalue weighted by Crippen LogP contribution is 2.32. The molecule has 10 heteroatoms. The summed E-state index contributed by atoms with van der Waals surface area (Å²) in [7, 11) is -3.50. The average molecular weight is 404 g/mol. The van der Waals surface area contributed by atoms with Crippen LogP contribution in [0.15, 0.2) is 29.6 Å². The summed E-state index contributed by atoms with van der Waals surface area (Å²) in [5.41, 5.74) is 0.684. The number of nitrogens with one attached hydrogen (secondary N) is 1. The lowest BCUT2D eigenvalue weighted by molar-refractivity contribution is -0.113. The van der Waals surface area contributed by atoms with Crippen molar-refractivity contribution in [3.05, 3.63) is 29.6 Å². The van der Waals surface area contributed by atoms with E-state index in [1.54, 1.807) is 37.4 Å². The molecule has 1 heterocycles. The first-order valence-electron chi connectivity index (χ1n) is 7.66. The van der Waals surface area contributed by atoms with E-state index in [0.717, 1.165) is 11.3 Å². The van der Waals surface area contributed by atoms with Crippen LogP contribution in [-0.4, -0.2) is 37.4 Å². The number of hydrogen-bond donors (Lipinski definition) is 1. The standard InChI is InChI=1S/C16H18F2N2O4S2/c1-10(2)8-26(22,23)9-14(21)20-16-19-12(7-25-16)11-5-3-4-6-13(11)24-15(17)18/h3-7,10,15H,8-9H2,1-2H3,(H,19,20,21). The second-order valence-corrected chi connectivity index (χ2v) is 8.88. The van der Waals surface area contributed by atoms with Gasteiger partial charge in [-0.15, -0.1) is 11.3 Å². The molecule has 2 rings (SSSR count). The van der Waals surface area contributed by atoms with Crippen LogP contribution in [0, 0.1) is 5.92 Å². The number of thiazole rings is 1. The SMILES string of the molecule is CC(C)CS(=O)(=O)CC(=O)Nc1nc(-c2ccccc2OC(F)F)cs1. The van der Waals surface area contributed by atoms with Crippen molar-refractivity contribution in [2.45, 2.75) is 20.5 Å². The van der Waals surface area contributed by atoms with Crippen molar-refractivity contribution < 1.29 is 26.7 Å². The molecule has 1 aromatic heterocycles. The lowest BCUT2D eigenvalue weighted by Gasteiger charge is -2.08. The monoisotopic (exact) mass is 404 g/mol. The first kappa shape index (κ1) is 20.2. The number of rotatable bonds is 8. The summed E-state index contributed by atoms with van der Waals surface area (Å²) in [6.45, 7) is 0.531. The minimum atomic E-state index is -3.50. The van der Waals surface area contributed by atoms with E-state index in [1.807, 2.05) is 0 Å². The average Bonchev–Trinajstić information content (AvgIpc) is 2.93. The van der Waals surface area contributed by atoms with E-state index in [-0.39, 0.29) is 22.6 Å². The highest BCUT2D eigenvalue weighted by Gasteiger charge is 2.20. The predicted molar refractivity (Wildman–Crippen MR) is 96.3 cm³/mol. The maximum atomic E-state index is 12.5. The van der Waals surface area contributed by atoms with Crippen molar-refractivity contribution in [3.63, 3.8) is 0 Å². The number of hydrogen-bond acceptors (Lipinski definition) is 6. The Morgan fingerprint density at radius 2 is 2.00 bits per heavy atom. The Morgan fingerprint density at radius 1 is 1.31 bits per heavy atom. The van der Waals surface area contributed by atoms with Gasteiger partial charge < -0.3 is 10.1 Å². The van der Waals surface area contributed by atoms with Crippen LogP contribution in [0.4, 0.5) is 13.9 Å². The van der Waals surface area contributed by atoms with Gasteiger partial charge in [0.25, 0.3) is 0 Å². The van der Waals surface area contributed by atoms with Gasteiger partial charge in [0.1, 0.15) is 11.5 Å². The number of carbonyl (C=O) groups is 1. The maximum Gasteiger partial charge on any atom is 0.387 e. The zero-order valence-electron chi connectivity index (χ0n) is 14.1. The van der Waals surface area contributed by atoms with Crippen LogP contribution >= 0.6 is 11.3 Å². The van der Waals surface area contributed by atoms with Crippen molar-refractivity contribution in [1.82, 2.24) is 4.98 Å². The third-order valence-electron chi connectivity index (χ3n) is 3.07. The number of amides is 1. The molecule has 0 bridgehead atoms. The predicted octanol–water partition coefficient (Wildman–Crippen LogP) is 3.42. The Hall–Kier alpha value is -2.07. The number of halogens is 2. The fraction of sp³-hybridized carbons (Fsp3) is 0.375. The van der Waals surface area contributed by atoms with Crippen molar-refractivity contribution >= 4 is 32.2 Å². The van der Waals surface area contributed by atoms with Gasteiger partial charge in [0.15, 0.2) is 15.0 Å². The maximum absolute atomic E-state index is 12.5. The molecule has 0 fully saturated rings. The smallest absolute Gasteiger partial charge is 0.387 e. The number of nitrogens with zero attached hydrogens (tertiary/aromatic N) is 1. The van der Waals surface area contributed by atoms with Crippen LogP contribution in [0.1, 0.15) is 13.8 Å². The Morgan fingerprint density at radius 3 is 2.65 bits per heavy atom. The molecule has 0 aliphatic carbocycles. The van der Waals surface area contributed by atoms with Crippen LogP contribution < -0.4 is 10.1 Å². The molecular formula is C16H18F2N2O4S2. The molecule has 1 aromatic carbocycles. The molecule has 142 valence electrons. The van der Waals surface area contributed by atoms with Crippen LogP contribution in [-0.2, 0) is 14.6 Å². The summed E-state index contributed by atoms with van der Waals surface area (Å²) < 4.78 is 53.1. The van der Waals surface area contributed by atoms with Crippen LogP contribution in [0.25, 0.3) is 11.3 Å². The Kier molecular flexibility index (Phi) is 6.65. The Labute approximate surface area is 154 Å². The normalized spacial score (nSPS) is 11.8. The largest absolute Gasteiger partial charge is 0.434 e. The number of carbonyl (C=O) groups excluding carboxylic acids is 1. The van der Waals surface area contributed by atoms with Gasteiger partial charge in [-0.3, -0.25) is 4.79 Å². The summed E-state index contributed by atoms with van der Waals surface area (Å²) in [5.74, 6) is -1.52. The number of sulfone groups is 1. The molecular weight excluding hydrogens is 386 g/mol. The minimum Gasteiger partial charge on any atom is -0.434 e. The number of anilines is 1. The van der Waals surface area contributed by atoms with Gasteiger partial charge in [-0.05, 0) is 18.1 Å². The number of para-hydroxylation sites is 1. The zero-order chi connectivity index (χ0) is 19.3. The number of ether oxygens (including phenoxy) is 1. The molecule has 0 saturated carbocycles. The molecule has 6 nitrogen and oxygen atoms in total. The fourth-order valence-electron chi connectivity index (χ4n) is 2.25. The quantitative estimate of drug-likeness (QED) is 0.729. The molecule has 1 amide bonds. The molecule has 0 radical (unpaired) electrons. The van der Waals surface area contributed by atoms with Crippen LogP contribution in [0.2, 0.25) is 0 Å². The molecule has 0 aliphatic heterocycles. The van der Waals surface area contributed by atoms with Crippen molar-refractivity contribution in [1.29, 1.82) is 0 Å². The van der Waals surface area contributed by atoms with E-state index >= 15 is 0 Å². The highest BCUT2D eigenvalue weighted by molar-refractivity contribution is 7.92. The summed E-state index contributed by atoms with van der Waals surface area (Å²) in [4.78, 5) is 16.1. The first-order chi connectivity index (χ1) is 12.2. The van der Waals surface area contributed by atoms with Gasteiger partial charge in [-0.2, -0.15) is 8.78 Å². The summed E-state index contributed by atoms with van der Waals surface area (Å²) in [5, 5.41) is 4.16. The summed E-state index contributed by atoms with van der Waals surface area (Å²) in [6.07, 6.45) is 0. The second-order valence-electron chi connectivity index (χ2n) is 5.91. The topological polar surface area (TPSA) is 85.4 Å². The Bertz CT molecular complexity index is 867. The summed E-state index contributed by atoms with van der Waals surface area (Å²) >= 11 is 1.06. The number of aromatic nitrogens is 1. The lowest BCUT2D eigenvalue weighted by Crippen LogP contribution is -2.26. The van der Waals surface area contributed by atoms with Gasteiger partial charge in [0.2, 0.25) is 5.91 Å². The van der Waals surface area contributed by atoms with E-state index in [9.17, 15) is 22.0 Å². The van der Waals surface area contributed by atoms with E-state index in [1.165, 1.54) is 6.07 Å². The van der Waals surface area contributed by atoms with E-state index in [0.29, 0.717) is 11.3 Å².